The van der Waals surface area contributed by atoms with E-state index in [2.05, 4.69) is 5.32 Å². The number of amides is 2. The van der Waals surface area contributed by atoms with E-state index in [0.717, 1.165) is 28.3 Å². The number of carbonyl (C=O) groups excluding carboxylic acids is 2. The van der Waals surface area contributed by atoms with Crippen molar-refractivity contribution in [3.63, 3.8) is 0 Å². The maximum absolute atomic E-state index is 14.7. The summed E-state index contributed by atoms with van der Waals surface area (Å²) in [6.45, 7) is 3.69. The summed E-state index contributed by atoms with van der Waals surface area (Å²) in [5, 5.41) is 3.61. The van der Waals surface area contributed by atoms with Gasteiger partial charge >= 0.3 is 0 Å². The average molecular weight is 727 g/mol. The third-order valence-corrected chi connectivity index (χ3v) is 10.5. The molecule has 9 nitrogen and oxygen atoms in total. The molecule has 0 aliphatic heterocycles. The molecule has 0 fully saturated rings. The maximum atomic E-state index is 14.7. The van der Waals surface area contributed by atoms with E-state index in [9.17, 15) is 18.0 Å². The first-order valence-electron chi connectivity index (χ1n) is 15.8. The van der Waals surface area contributed by atoms with Crippen molar-refractivity contribution in [2.45, 2.75) is 50.6 Å². The Morgan fingerprint density at radius 1 is 0.837 bits per heavy atom. The molecule has 0 bridgehead atoms. The van der Waals surface area contributed by atoms with Crippen LogP contribution in [0.4, 0.5) is 5.69 Å². The van der Waals surface area contributed by atoms with E-state index in [4.69, 9.17) is 32.7 Å². The van der Waals surface area contributed by atoms with Crippen LogP contribution in [0.15, 0.2) is 95.9 Å². The third-order valence-electron chi connectivity index (χ3n) is 7.98. The fraction of sp³-hybridized carbons (Fsp3) is 0.297. The predicted octanol–water partition coefficient (Wildman–Crippen LogP) is 7.07. The lowest BCUT2D eigenvalue weighted by molar-refractivity contribution is -0.140. The first-order chi connectivity index (χ1) is 23.5. The van der Waals surface area contributed by atoms with Crippen molar-refractivity contribution in [3.05, 3.63) is 118 Å². The molecule has 0 spiro atoms. The van der Waals surface area contributed by atoms with Crippen LogP contribution in [0.1, 0.15) is 36.5 Å². The zero-order valence-electron chi connectivity index (χ0n) is 28.0. The summed E-state index contributed by atoms with van der Waals surface area (Å²) in [6, 6.07) is 24.4. The van der Waals surface area contributed by atoms with Crippen LogP contribution >= 0.6 is 23.2 Å². The number of nitrogens with one attached hydrogen (secondary N) is 1. The molecular weight excluding hydrogens is 685 g/mol. The second-order valence-corrected chi connectivity index (χ2v) is 14.2. The van der Waals surface area contributed by atoms with Crippen LogP contribution in [0.3, 0.4) is 0 Å². The second kappa shape index (κ2) is 17.4. The van der Waals surface area contributed by atoms with E-state index in [-0.39, 0.29) is 40.2 Å². The van der Waals surface area contributed by atoms with Gasteiger partial charge < -0.3 is 19.7 Å². The van der Waals surface area contributed by atoms with E-state index in [0.29, 0.717) is 22.9 Å². The molecule has 1 atom stereocenters. The normalized spacial score (nSPS) is 11.8. The number of sulfonamides is 1. The van der Waals surface area contributed by atoms with Gasteiger partial charge in [-0.25, -0.2) is 8.42 Å². The summed E-state index contributed by atoms with van der Waals surface area (Å²) in [5.74, 6) is -0.380. The van der Waals surface area contributed by atoms with Gasteiger partial charge in [-0.05, 0) is 60.9 Å². The highest BCUT2D eigenvalue weighted by molar-refractivity contribution is 7.92. The van der Waals surface area contributed by atoms with Crippen molar-refractivity contribution in [3.8, 4) is 11.5 Å². The van der Waals surface area contributed by atoms with Crippen LogP contribution in [0.5, 0.6) is 11.5 Å². The Labute approximate surface area is 298 Å². The first kappa shape index (κ1) is 37.6. The van der Waals surface area contributed by atoms with E-state index in [1.54, 1.807) is 42.5 Å². The highest BCUT2D eigenvalue weighted by Crippen LogP contribution is 2.33. The largest absolute Gasteiger partial charge is 0.493 e. The Balaban J connectivity index is 1.82. The van der Waals surface area contributed by atoms with Crippen molar-refractivity contribution in [2.75, 3.05) is 31.6 Å². The highest BCUT2D eigenvalue weighted by Gasteiger charge is 2.35. The number of unbranched alkanes of at least 4 members (excludes halogenated alkanes) is 1. The number of carbonyl (C=O) groups is 2. The standard InChI is InChI=1S/C37H41Cl2N3O6S/c1-5-6-20-40-37(44)33(22-27-10-8-7-9-11-27)41(24-28-14-18-31(38)32(39)21-28)36(43)25-42(29-15-12-26(2)13-16-29)49(45,46)30-17-19-34(47-3)35(23-30)48-4/h7-19,21,23,33H,5-6,20,22,24-25H2,1-4H3,(H,40,44)/t33-/m1/s1. The molecule has 4 rings (SSSR count). The fourth-order valence-electron chi connectivity index (χ4n) is 5.24. The maximum Gasteiger partial charge on any atom is 0.264 e. The van der Waals surface area contributed by atoms with E-state index in [1.807, 2.05) is 44.2 Å². The van der Waals surface area contributed by atoms with Gasteiger partial charge in [0.15, 0.2) is 11.5 Å². The molecule has 0 aliphatic carbocycles. The molecular formula is C37H41Cl2N3O6S. The SMILES string of the molecule is CCCCNC(=O)[C@@H](Cc1ccccc1)N(Cc1ccc(Cl)c(Cl)c1)C(=O)CN(c1ccc(C)cc1)S(=O)(=O)c1ccc(OC)c(OC)c1. The van der Waals surface area contributed by atoms with Crippen molar-refractivity contribution in [1.82, 2.24) is 10.2 Å². The molecule has 0 radical (unpaired) electrons. The number of hydrogen-bond acceptors (Lipinski definition) is 6. The predicted molar refractivity (Wildman–Crippen MR) is 194 cm³/mol. The molecule has 4 aromatic rings. The van der Waals surface area contributed by atoms with Crippen molar-refractivity contribution in [1.29, 1.82) is 0 Å². The zero-order chi connectivity index (χ0) is 35.6. The lowest BCUT2D eigenvalue weighted by Gasteiger charge is -2.34. The minimum atomic E-state index is -4.35. The van der Waals surface area contributed by atoms with Gasteiger partial charge in [0.2, 0.25) is 11.8 Å². The van der Waals surface area contributed by atoms with E-state index >= 15 is 0 Å². The Kier molecular flexibility index (Phi) is 13.4. The summed E-state index contributed by atoms with van der Waals surface area (Å²) in [4.78, 5) is 29.9. The lowest BCUT2D eigenvalue weighted by atomic mass is 10.0. The van der Waals surface area contributed by atoms with Crippen LogP contribution < -0.4 is 19.1 Å². The molecule has 260 valence electrons. The van der Waals surface area contributed by atoms with Crippen LogP contribution in [-0.4, -0.2) is 58.5 Å². The zero-order valence-corrected chi connectivity index (χ0v) is 30.3. The molecule has 0 aliphatic rings. The van der Waals surface area contributed by atoms with Gasteiger partial charge in [-0.3, -0.25) is 13.9 Å². The number of halogens is 2. The third kappa shape index (κ3) is 9.68. The molecule has 0 aromatic heterocycles. The Hall–Kier alpha value is -4.25. The number of aryl methyl sites for hydroxylation is 1. The Morgan fingerprint density at radius 2 is 1.53 bits per heavy atom. The summed E-state index contributed by atoms with van der Waals surface area (Å²) >= 11 is 12.6. The summed E-state index contributed by atoms with van der Waals surface area (Å²) in [7, 11) is -1.48. The first-order valence-corrected chi connectivity index (χ1v) is 18.0. The molecule has 49 heavy (non-hydrogen) atoms. The summed E-state index contributed by atoms with van der Waals surface area (Å²) < 4.78 is 40.5. The molecule has 1 N–H and O–H groups in total. The van der Waals surface area contributed by atoms with Gasteiger partial charge in [0, 0.05) is 25.6 Å². The van der Waals surface area contributed by atoms with Crippen LogP contribution in [0.2, 0.25) is 10.0 Å². The fourth-order valence-corrected chi connectivity index (χ4v) is 6.99. The van der Waals surface area contributed by atoms with Crippen LogP contribution in [0.25, 0.3) is 0 Å². The van der Waals surface area contributed by atoms with Gasteiger partial charge in [0.1, 0.15) is 12.6 Å². The molecule has 0 saturated carbocycles. The van der Waals surface area contributed by atoms with Gasteiger partial charge in [-0.2, -0.15) is 0 Å². The number of nitrogens with zero attached hydrogens (tertiary/aromatic N) is 2. The summed E-state index contributed by atoms with van der Waals surface area (Å²) in [6.07, 6.45) is 1.82. The smallest absolute Gasteiger partial charge is 0.264 e. The molecule has 0 saturated heterocycles. The van der Waals surface area contributed by atoms with Crippen molar-refractivity contribution in [2.24, 2.45) is 0 Å². The van der Waals surface area contributed by atoms with Gasteiger partial charge in [-0.1, -0.05) is 90.6 Å². The molecule has 0 unspecified atom stereocenters. The number of hydrogen-bond donors (Lipinski definition) is 1. The van der Waals surface area contributed by atoms with Crippen molar-refractivity contribution < 1.29 is 27.5 Å². The van der Waals surface area contributed by atoms with Crippen LogP contribution in [-0.2, 0) is 32.6 Å². The van der Waals surface area contributed by atoms with Crippen LogP contribution in [0, 0.1) is 6.92 Å². The van der Waals surface area contributed by atoms with E-state index in [1.165, 1.54) is 37.3 Å². The molecule has 0 heterocycles. The molecule has 12 heteroatoms. The minimum absolute atomic E-state index is 0.0352. The molecule has 4 aromatic carbocycles. The minimum Gasteiger partial charge on any atom is -0.493 e. The number of rotatable bonds is 16. The monoisotopic (exact) mass is 725 g/mol. The van der Waals surface area contributed by atoms with Gasteiger partial charge in [0.05, 0.1) is 34.8 Å². The van der Waals surface area contributed by atoms with Crippen molar-refractivity contribution >= 4 is 50.7 Å². The second-order valence-electron chi connectivity index (χ2n) is 11.5. The average Bonchev–Trinajstić information content (AvgIpc) is 3.10. The van der Waals surface area contributed by atoms with Gasteiger partial charge in [0.25, 0.3) is 10.0 Å². The Bertz CT molecular complexity index is 1840. The number of anilines is 1. The number of benzene rings is 4. The highest BCUT2D eigenvalue weighted by atomic mass is 35.5. The molecule has 2 amide bonds. The lowest BCUT2D eigenvalue weighted by Crippen LogP contribution is -2.53. The number of methoxy groups -OCH3 is 2. The quantitative estimate of drug-likeness (QED) is 0.124. The Morgan fingerprint density at radius 3 is 2.16 bits per heavy atom. The number of ether oxygens (including phenoxy) is 2. The summed E-state index contributed by atoms with van der Waals surface area (Å²) in [5.41, 5.74) is 2.63. The van der Waals surface area contributed by atoms with Gasteiger partial charge in [-0.15, -0.1) is 0 Å². The van der Waals surface area contributed by atoms with E-state index < -0.39 is 28.5 Å². The topological polar surface area (TPSA) is 105 Å².